The summed E-state index contributed by atoms with van der Waals surface area (Å²) in [5.74, 6) is 0.695. The second kappa shape index (κ2) is 8.24. The third kappa shape index (κ3) is 3.69. The SMILES string of the molecule is CC1=C(C(=O)Nc2cccc(C)n2)[C@H](c2cccs2)C2=C(C[C@H](c3ccco3)CC2=O)N1. The van der Waals surface area contributed by atoms with E-state index in [-0.39, 0.29) is 17.6 Å². The Labute approximate surface area is 190 Å². The lowest BCUT2D eigenvalue weighted by Gasteiger charge is -2.35. The minimum atomic E-state index is -0.402. The van der Waals surface area contributed by atoms with Crippen LogP contribution in [0.25, 0.3) is 0 Å². The zero-order valence-electron chi connectivity index (χ0n) is 17.8. The lowest BCUT2D eigenvalue weighted by molar-refractivity contribution is -0.116. The molecule has 0 saturated heterocycles. The fourth-order valence-electron chi connectivity index (χ4n) is 4.60. The van der Waals surface area contributed by atoms with Gasteiger partial charge in [-0.3, -0.25) is 9.59 Å². The third-order valence-corrected chi connectivity index (χ3v) is 6.91. The number of amides is 1. The molecule has 5 rings (SSSR count). The van der Waals surface area contributed by atoms with Crippen LogP contribution in [0.1, 0.15) is 47.9 Å². The van der Waals surface area contributed by atoms with Crippen LogP contribution in [-0.4, -0.2) is 16.7 Å². The number of hydrogen-bond acceptors (Lipinski definition) is 6. The van der Waals surface area contributed by atoms with Gasteiger partial charge in [0.25, 0.3) is 5.91 Å². The molecular formula is C25H23N3O3S. The van der Waals surface area contributed by atoms with Gasteiger partial charge < -0.3 is 15.1 Å². The van der Waals surface area contributed by atoms with Crippen LogP contribution in [0.5, 0.6) is 0 Å². The number of carbonyl (C=O) groups is 2. The quantitative estimate of drug-likeness (QED) is 0.587. The highest BCUT2D eigenvalue weighted by molar-refractivity contribution is 7.10. The predicted octanol–water partition coefficient (Wildman–Crippen LogP) is 5.04. The number of thiophene rings is 1. The molecule has 2 N–H and O–H groups in total. The summed E-state index contributed by atoms with van der Waals surface area (Å²) in [5, 5.41) is 8.28. The monoisotopic (exact) mass is 445 g/mol. The molecule has 3 aromatic rings. The van der Waals surface area contributed by atoms with Crippen molar-refractivity contribution in [2.75, 3.05) is 5.32 Å². The average Bonchev–Trinajstić information content (AvgIpc) is 3.47. The van der Waals surface area contributed by atoms with E-state index in [4.69, 9.17) is 4.42 Å². The third-order valence-electron chi connectivity index (χ3n) is 5.98. The summed E-state index contributed by atoms with van der Waals surface area (Å²) >= 11 is 1.56. The van der Waals surface area contributed by atoms with Gasteiger partial charge in [-0.2, -0.15) is 0 Å². The number of aryl methyl sites for hydroxylation is 1. The molecule has 1 aliphatic heterocycles. The molecule has 0 aromatic carbocycles. The van der Waals surface area contributed by atoms with Gasteiger partial charge >= 0.3 is 0 Å². The Hall–Kier alpha value is -3.45. The summed E-state index contributed by atoms with van der Waals surface area (Å²) in [4.78, 5) is 32.2. The van der Waals surface area contributed by atoms with E-state index >= 15 is 0 Å². The lowest BCUT2D eigenvalue weighted by atomic mass is 9.74. The van der Waals surface area contributed by atoms with Crippen molar-refractivity contribution in [3.05, 3.63) is 93.0 Å². The normalized spacial score (nSPS) is 20.8. The van der Waals surface area contributed by atoms with E-state index in [1.807, 2.05) is 55.6 Å². The molecule has 0 saturated carbocycles. The van der Waals surface area contributed by atoms with Gasteiger partial charge in [0.05, 0.1) is 12.2 Å². The standard InChI is InChI=1S/C25H23N3O3S/c1-14-6-3-9-21(26-14)28-25(30)22-15(2)27-17-12-16(19-7-4-10-31-19)13-18(29)23(17)24(22)20-8-5-11-32-20/h3-11,16,24,27H,12-13H2,1-2H3,(H,26,28,30)/t16-,24-/m0/s1. The van der Waals surface area contributed by atoms with Crippen LogP contribution in [0.15, 0.2) is 81.1 Å². The van der Waals surface area contributed by atoms with E-state index in [1.165, 1.54) is 0 Å². The van der Waals surface area contributed by atoms with Gasteiger partial charge in [-0.15, -0.1) is 11.3 Å². The number of ketones is 1. The highest BCUT2D eigenvalue weighted by Gasteiger charge is 2.41. The molecule has 0 unspecified atom stereocenters. The van der Waals surface area contributed by atoms with Crippen LogP contribution in [0.4, 0.5) is 5.82 Å². The molecule has 0 bridgehead atoms. The molecule has 3 aromatic heterocycles. The number of anilines is 1. The molecule has 1 amide bonds. The van der Waals surface area contributed by atoms with E-state index in [0.29, 0.717) is 29.8 Å². The van der Waals surface area contributed by atoms with Gasteiger partial charge in [0.2, 0.25) is 0 Å². The second-order valence-corrected chi connectivity index (χ2v) is 9.15. The van der Waals surface area contributed by atoms with E-state index in [2.05, 4.69) is 15.6 Å². The maximum Gasteiger partial charge on any atom is 0.255 e. The van der Waals surface area contributed by atoms with Crippen molar-refractivity contribution in [1.29, 1.82) is 0 Å². The molecule has 7 heteroatoms. The summed E-state index contributed by atoms with van der Waals surface area (Å²) in [6.45, 7) is 3.77. The number of furan rings is 1. The Morgan fingerprint density at radius 3 is 2.75 bits per heavy atom. The lowest BCUT2D eigenvalue weighted by Crippen LogP contribution is -2.36. The summed E-state index contributed by atoms with van der Waals surface area (Å²) in [7, 11) is 0. The topological polar surface area (TPSA) is 84.2 Å². The van der Waals surface area contributed by atoms with E-state index < -0.39 is 5.92 Å². The van der Waals surface area contributed by atoms with Crippen LogP contribution in [0.2, 0.25) is 0 Å². The minimum Gasteiger partial charge on any atom is -0.469 e. The van der Waals surface area contributed by atoms with Crippen molar-refractivity contribution in [3.8, 4) is 0 Å². The molecule has 0 fully saturated rings. The van der Waals surface area contributed by atoms with Crippen LogP contribution >= 0.6 is 11.3 Å². The molecule has 0 radical (unpaired) electrons. The van der Waals surface area contributed by atoms with Gasteiger partial charge in [-0.25, -0.2) is 4.98 Å². The number of hydrogen-bond donors (Lipinski definition) is 2. The first kappa shape index (κ1) is 20.5. The second-order valence-electron chi connectivity index (χ2n) is 8.17. The van der Waals surface area contributed by atoms with Crippen LogP contribution in [-0.2, 0) is 9.59 Å². The number of carbonyl (C=O) groups excluding carboxylic acids is 2. The zero-order valence-corrected chi connectivity index (χ0v) is 18.7. The highest BCUT2D eigenvalue weighted by Crippen LogP contribution is 2.46. The molecule has 2 aliphatic rings. The molecule has 0 spiro atoms. The van der Waals surface area contributed by atoms with Crippen LogP contribution in [0.3, 0.4) is 0 Å². The smallest absolute Gasteiger partial charge is 0.255 e. The summed E-state index contributed by atoms with van der Waals surface area (Å²) in [5.41, 5.74) is 3.69. The van der Waals surface area contributed by atoms with Crippen molar-refractivity contribution in [2.24, 2.45) is 0 Å². The summed E-state index contributed by atoms with van der Waals surface area (Å²) < 4.78 is 5.58. The van der Waals surface area contributed by atoms with Crippen molar-refractivity contribution in [1.82, 2.24) is 10.3 Å². The summed E-state index contributed by atoms with van der Waals surface area (Å²) in [6.07, 6.45) is 2.67. The Bertz CT molecular complexity index is 1240. The van der Waals surface area contributed by atoms with Crippen LogP contribution in [0, 0.1) is 6.92 Å². The first-order valence-electron chi connectivity index (χ1n) is 10.6. The van der Waals surface area contributed by atoms with Gasteiger partial charge in [0, 0.05) is 45.5 Å². The molecule has 32 heavy (non-hydrogen) atoms. The predicted molar refractivity (Wildman–Crippen MR) is 123 cm³/mol. The van der Waals surface area contributed by atoms with Gasteiger partial charge in [-0.1, -0.05) is 12.1 Å². The number of nitrogens with one attached hydrogen (secondary N) is 2. The van der Waals surface area contributed by atoms with Crippen molar-refractivity contribution >= 4 is 28.8 Å². The van der Waals surface area contributed by atoms with Crippen molar-refractivity contribution in [3.63, 3.8) is 0 Å². The van der Waals surface area contributed by atoms with E-state index in [1.54, 1.807) is 23.7 Å². The number of allylic oxidation sites excluding steroid dienone is 3. The number of rotatable bonds is 4. The Morgan fingerprint density at radius 1 is 1.16 bits per heavy atom. The van der Waals surface area contributed by atoms with Crippen molar-refractivity contribution < 1.29 is 14.0 Å². The maximum absolute atomic E-state index is 13.4. The fourth-order valence-corrected chi connectivity index (χ4v) is 5.44. The molecule has 2 atom stereocenters. The fraction of sp³-hybridized carbons (Fsp3) is 0.240. The number of Topliss-reactive ketones (excluding diaryl/α,β-unsaturated/α-hetero) is 1. The van der Waals surface area contributed by atoms with E-state index in [0.717, 1.165) is 27.7 Å². The van der Waals surface area contributed by atoms with Gasteiger partial charge in [0.15, 0.2) is 5.78 Å². The molecular weight excluding hydrogens is 422 g/mol. The Kier molecular flexibility index (Phi) is 5.27. The number of nitrogens with zero attached hydrogens (tertiary/aromatic N) is 1. The maximum atomic E-state index is 13.4. The Balaban J connectivity index is 1.53. The largest absolute Gasteiger partial charge is 0.469 e. The Morgan fingerprint density at radius 2 is 2.03 bits per heavy atom. The molecule has 162 valence electrons. The first-order valence-corrected chi connectivity index (χ1v) is 11.4. The van der Waals surface area contributed by atoms with Gasteiger partial charge in [-0.05, 0) is 56.0 Å². The molecule has 1 aliphatic carbocycles. The average molecular weight is 446 g/mol. The number of pyridine rings is 1. The molecule has 4 heterocycles. The van der Waals surface area contributed by atoms with Gasteiger partial charge in [0.1, 0.15) is 11.6 Å². The first-order chi connectivity index (χ1) is 15.5. The molecule has 6 nitrogen and oxygen atoms in total. The van der Waals surface area contributed by atoms with Crippen molar-refractivity contribution in [2.45, 2.75) is 38.5 Å². The van der Waals surface area contributed by atoms with Crippen LogP contribution < -0.4 is 10.6 Å². The zero-order chi connectivity index (χ0) is 22.2. The summed E-state index contributed by atoms with van der Waals surface area (Å²) in [6, 6.07) is 13.2. The minimum absolute atomic E-state index is 0.00703. The highest BCUT2D eigenvalue weighted by atomic mass is 32.1. The number of dihydropyridines is 1. The number of aromatic nitrogens is 1. The van der Waals surface area contributed by atoms with E-state index in [9.17, 15) is 9.59 Å².